The molecule has 0 spiro atoms. The fourth-order valence-electron chi connectivity index (χ4n) is 4.52. The summed E-state index contributed by atoms with van der Waals surface area (Å²) in [6.07, 6.45) is 2.54. The van der Waals surface area contributed by atoms with Crippen molar-refractivity contribution in [1.29, 1.82) is 0 Å². The lowest BCUT2D eigenvalue weighted by molar-refractivity contribution is -0.140. The Bertz CT molecular complexity index is 1120. The van der Waals surface area contributed by atoms with Gasteiger partial charge in [0.05, 0.1) is 31.4 Å². The Morgan fingerprint density at radius 1 is 1.03 bits per heavy atom. The minimum atomic E-state index is -0.717. The molecule has 1 amide bonds. The van der Waals surface area contributed by atoms with Gasteiger partial charge in [-0.1, -0.05) is 31.7 Å². The van der Waals surface area contributed by atoms with E-state index in [4.69, 9.17) is 14.2 Å². The summed E-state index contributed by atoms with van der Waals surface area (Å²) < 4.78 is 16.6. The highest BCUT2D eigenvalue weighted by atomic mass is 16.5. The third-order valence-corrected chi connectivity index (χ3v) is 6.47. The Morgan fingerprint density at radius 2 is 1.68 bits per heavy atom. The summed E-state index contributed by atoms with van der Waals surface area (Å²) in [6.45, 7) is 10.4. The highest BCUT2D eigenvalue weighted by Crippen LogP contribution is 2.40. The molecule has 2 saturated heterocycles. The maximum absolute atomic E-state index is 13.3. The van der Waals surface area contributed by atoms with Gasteiger partial charge in [-0.15, -0.1) is 0 Å². The first-order valence-electron chi connectivity index (χ1n) is 12.7. The molecule has 37 heavy (non-hydrogen) atoms. The van der Waals surface area contributed by atoms with E-state index < -0.39 is 17.7 Å². The summed E-state index contributed by atoms with van der Waals surface area (Å²) >= 11 is 0. The summed E-state index contributed by atoms with van der Waals surface area (Å²) in [5.74, 6) is -0.184. The van der Waals surface area contributed by atoms with E-state index >= 15 is 0 Å². The van der Waals surface area contributed by atoms with E-state index in [9.17, 15) is 14.7 Å². The molecule has 2 aliphatic heterocycles. The Labute approximate surface area is 217 Å². The van der Waals surface area contributed by atoms with Gasteiger partial charge in [0.2, 0.25) is 0 Å². The highest BCUT2D eigenvalue weighted by molar-refractivity contribution is 6.46. The van der Waals surface area contributed by atoms with Crippen molar-refractivity contribution in [2.75, 3.05) is 52.6 Å². The number of aliphatic hydroxyl groups excluding tert-OH is 1. The van der Waals surface area contributed by atoms with Crippen molar-refractivity contribution in [3.8, 4) is 11.5 Å². The first-order valence-corrected chi connectivity index (χ1v) is 12.7. The number of Topliss-reactive ketones (excluding diaryl/α,β-unsaturated/α-hetero) is 1. The molecule has 0 bridgehead atoms. The normalized spacial score (nSPS) is 19.7. The monoisotopic (exact) mass is 506 g/mol. The maximum atomic E-state index is 13.3. The first-order chi connectivity index (χ1) is 18.0. The number of amides is 1. The van der Waals surface area contributed by atoms with Crippen molar-refractivity contribution < 1.29 is 28.9 Å². The molecule has 4 rings (SSSR count). The molecule has 8 heteroatoms. The van der Waals surface area contributed by atoms with Crippen molar-refractivity contribution in [3.05, 3.63) is 77.9 Å². The number of hydrogen-bond donors (Lipinski definition) is 1. The SMILES string of the molecule is C=CCOc1ccc([C@H]2/C(=C(\O)c3ccc(OCCC)cc3)C(=O)C(=O)N2CCN2CCOCC2)cc1. The molecule has 0 radical (unpaired) electrons. The van der Waals surface area contributed by atoms with E-state index in [1.807, 2.05) is 19.1 Å². The van der Waals surface area contributed by atoms with E-state index in [1.54, 1.807) is 47.4 Å². The van der Waals surface area contributed by atoms with Gasteiger partial charge >= 0.3 is 0 Å². The van der Waals surface area contributed by atoms with E-state index in [0.29, 0.717) is 56.6 Å². The predicted molar refractivity (Wildman–Crippen MR) is 141 cm³/mol. The number of hydrogen-bond acceptors (Lipinski definition) is 7. The average Bonchev–Trinajstić information content (AvgIpc) is 3.19. The number of aliphatic hydroxyl groups is 1. The second-order valence-corrected chi connectivity index (χ2v) is 8.99. The largest absolute Gasteiger partial charge is 0.507 e. The predicted octanol–water partition coefficient (Wildman–Crippen LogP) is 3.79. The molecule has 2 aliphatic rings. The van der Waals surface area contributed by atoms with Crippen LogP contribution >= 0.6 is 0 Å². The van der Waals surface area contributed by atoms with E-state index in [2.05, 4.69) is 11.5 Å². The van der Waals surface area contributed by atoms with Gasteiger partial charge in [0.25, 0.3) is 11.7 Å². The van der Waals surface area contributed by atoms with Crippen molar-refractivity contribution in [2.45, 2.75) is 19.4 Å². The number of rotatable bonds is 11. The number of morpholine rings is 1. The third kappa shape index (κ3) is 6.21. The second kappa shape index (κ2) is 12.6. The lowest BCUT2D eigenvalue weighted by Gasteiger charge is -2.31. The van der Waals surface area contributed by atoms with Crippen LogP contribution in [0.2, 0.25) is 0 Å². The van der Waals surface area contributed by atoms with Gasteiger partial charge in [0.15, 0.2) is 0 Å². The van der Waals surface area contributed by atoms with Crippen molar-refractivity contribution in [2.24, 2.45) is 0 Å². The molecule has 2 aromatic carbocycles. The fraction of sp³-hybridized carbons (Fsp3) is 0.379. The molecule has 8 nitrogen and oxygen atoms in total. The lowest BCUT2D eigenvalue weighted by atomic mass is 9.95. The summed E-state index contributed by atoms with van der Waals surface area (Å²) in [4.78, 5) is 30.3. The first kappa shape index (κ1) is 26.4. The molecule has 0 unspecified atom stereocenters. The zero-order valence-electron chi connectivity index (χ0n) is 21.2. The number of ketones is 1. The van der Waals surface area contributed by atoms with E-state index in [1.165, 1.54) is 0 Å². The molecule has 0 saturated carbocycles. The molecule has 1 atom stereocenters. The number of benzene rings is 2. The Morgan fingerprint density at radius 3 is 2.32 bits per heavy atom. The topological polar surface area (TPSA) is 88.5 Å². The zero-order valence-corrected chi connectivity index (χ0v) is 21.2. The molecule has 2 heterocycles. The number of nitrogens with zero attached hydrogens (tertiary/aromatic N) is 2. The molecule has 196 valence electrons. The quantitative estimate of drug-likeness (QED) is 0.215. The van der Waals surface area contributed by atoms with Crippen LogP contribution in [0, 0.1) is 0 Å². The minimum Gasteiger partial charge on any atom is -0.507 e. The molecule has 0 aromatic heterocycles. The molecule has 2 aromatic rings. The summed E-state index contributed by atoms with van der Waals surface area (Å²) in [5, 5.41) is 11.3. The van der Waals surface area contributed by atoms with Crippen LogP contribution in [0.4, 0.5) is 0 Å². The van der Waals surface area contributed by atoms with Crippen LogP contribution in [0.15, 0.2) is 66.8 Å². The van der Waals surface area contributed by atoms with Crippen LogP contribution in [0.5, 0.6) is 11.5 Å². The zero-order chi connectivity index (χ0) is 26.2. The van der Waals surface area contributed by atoms with Crippen LogP contribution in [0.25, 0.3) is 5.76 Å². The van der Waals surface area contributed by atoms with Crippen LogP contribution in [-0.4, -0.2) is 79.2 Å². The van der Waals surface area contributed by atoms with E-state index in [-0.39, 0.29) is 11.3 Å². The number of likely N-dealkylation sites (tertiary alicyclic amines) is 1. The Kier molecular flexibility index (Phi) is 8.98. The second-order valence-electron chi connectivity index (χ2n) is 8.99. The average molecular weight is 507 g/mol. The Hall–Kier alpha value is -3.62. The summed E-state index contributed by atoms with van der Waals surface area (Å²) in [5.41, 5.74) is 1.25. The van der Waals surface area contributed by atoms with E-state index in [0.717, 1.165) is 25.1 Å². The fourth-order valence-corrected chi connectivity index (χ4v) is 4.52. The molecule has 0 aliphatic carbocycles. The Balaban J connectivity index is 1.67. The number of carbonyl (C=O) groups is 2. The van der Waals surface area contributed by atoms with Crippen LogP contribution in [0.3, 0.4) is 0 Å². The smallest absolute Gasteiger partial charge is 0.295 e. The van der Waals surface area contributed by atoms with Gasteiger partial charge in [-0.3, -0.25) is 14.5 Å². The summed E-state index contributed by atoms with van der Waals surface area (Å²) in [7, 11) is 0. The van der Waals surface area contributed by atoms with Gasteiger partial charge in [-0.05, 0) is 48.4 Å². The van der Waals surface area contributed by atoms with Gasteiger partial charge < -0.3 is 24.2 Å². The van der Waals surface area contributed by atoms with Crippen LogP contribution < -0.4 is 9.47 Å². The van der Waals surface area contributed by atoms with Gasteiger partial charge in [-0.25, -0.2) is 0 Å². The number of ether oxygens (including phenoxy) is 3. The van der Waals surface area contributed by atoms with Crippen molar-refractivity contribution in [1.82, 2.24) is 9.80 Å². The van der Waals surface area contributed by atoms with Gasteiger partial charge in [0.1, 0.15) is 23.9 Å². The van der Waals surface area contributed by atoms with Gasteiger partial charge in [-0.2, -0.15) is 0 Å². The molecule has 1 N–H and O–H groups in total. The molecule has 2 fully saturated rings. The van der Waals surface area contributed by atoms with Crippen molar-refractivity contribution in [3.63, 3.8) is 0 Å². The molecular formula is C29H34N2O6. The third-order valence-electron chi connectivity index (χ3n) is 6.47. The molecular weight excluding hydrogens is 472 g/mol. The highest BCUT2D eigenvalue weighted by Gasteiger charge is 2.46. The summed E-state index contributed by atoms with van der Waals surface area (Å²) in [6, 6.07) is 13.4. The lowest BCUT2D eigenvalue weighted by Crippen LogP contribution is -2.42. The maximum Gasteiger partial charge on any atom is 0.295 e. The van der Waals surface area contributed by atoms with Crippen LogP contribution in [0.1, 0.15) is 30.5 Å². The standard InChI is InChI=1S/C29H34N2O6/c1-3-17-36-23-9-5-21(6-10-23)26-25(27(32)22-7-11-24(12-8-22)37-18-4-2)28(33)29(34)31(26)14-13-30-15-19-35-20-16-30/h3,5-12,26,32H,1,4,13-20H2,2H3/b27-25+/t26-/m0/s1. The number of carbonyl (C=O) groups excluding carboxylic acids is 2. The van der Waals surface area contributed by atoms with Crippen LogP contribution in [-0.2, 0) is 14.3 Å². The minimum absolute atomic E-state index is 0.0777. The van der Waals surface area contributed by atoms with Gasteiger partial charge in [0, 0.05) is 31.7 Å². The van der Waals surface area contributed by atoms with Crippen molar-refractivity contribution >= 4 is 17.4 Å².